The van der Waals surface area contributed by atoms with Crippen LogP contribution in [0, 0.1) is 5.92 Å². The predicted molar refractivity (Wildman–Crippen MR) is 69.9 cm³/mol. The van der Waals surface area contributed by atoms with Crippen molar-refractivity contribution in [2.75, 3.05) is 6.54 Å². The van der Waals surface area contributed by atoms with E-state index in [1.807, 2.05) is 13.8 Å². The fourth-order valence-corrected chi connectivity index (χ4v) is 2.79. The average molecular weight is 293 g/mol. The molecule has 0 amide bonds. The largest absolute Gasteiger partial charge is 0.392 e. The first-order valence-corrected chi connectivity index (χ1v) is 7.46. The summed E-state index contributed by atoms with van der Waals surface area (Å²) >= 11 is 5.63. The molecule has 1 heterocycles. The molecule has 5 nitrogen and oxygen atoms in total. The number of rotatable bonds is 6. The second-order valence-corrected chi connectivity index (χ2v) is 6.60. The van der Waals surface area contributed by atoms with Gasteiger partial charge in [0.25, 0.3) is 0 Å². The van der Waals surface area contributed by atoms with Gasteiger partial charge in [0.2, 0.25) is 10.0 Å². The zero-order valence-corrected chi connectivity index (χ0v) is 11.9. The van der Waals surface area contributed by atoms with Crippen molar-refractivity contribution < 1.29 is 13.5 Å². The van der Waals surface area contributed by atoms with Crippen molar-refractivity contribution in [3.8, 4) is 0 Å². The Morgan fingerprint density at radius 3 is 2.72 bits per heavy atom. The number of hydrogen-bond donors (Lipinski definition) is 2. The maximum absolute atomic E-state index is 11.9. The first kappa shape index (κ1) is 15.4. The molecule has 18 heavy (non-hydrogen) atoms. The van der Waals surface area contributed by atoms with Gasteiger partial charge in [-0.1, -0.05) is 25.4 Å². The molecule has 1 rings (SSSR count). The van der Waals surface area contributed by atoms with Gasteiger partial charge in [-0.15, -0.1) is 0 Å². The molecule has 102 valence electrons. The summed E-state index contributed by atoms with van der Waals surface area (Å²) in [6.07, 6.45) is 1.17. The molecule has 1 atom stereocenters. The number of aromatic nitrogens is 1. The lowest BCUT2D eigenvalue weighted by Gasteiger charge is -2.14. The van der Waals surface area contributed by atoms with Crippen LogP contribution in [-0.4, -0.2) is 31.2 Å². The van der Waals surface area contributed by atoms with Crippen LogP contribution in [0.3, 0.4) is 0 Å². The summed E-state index contributed by atoms with van der Waals surface area (Å²) in [5.41, 5.74) is 0. The van der Waals surface area contributed by atoms with E-state index in [0.29, 0.717) is 12.3 Å². The monoisotopic (exact) mass is 292 g/mol. The van der Waals surface area contributed by atoms with Crippen molar-refractivity contribution in [1.82, 2.24) is 9.71 Å². The standard InChI is InChI=1S/C11H17ClN2O3S/c1-8(2)5-9(15)7-14-18(16,17)10-3-4-13-11(12)6-10/h3-4,6,8-9,14-15H,5,7H2,1-2H3. The Kier molecular flexibility index (Phi) is 5.52. The summed E-state index contributed by atoms with van der Waals surface area (Å²) in [5.74, 6) is 0.305. The van der Waals surface area contributed by atoms with Gasteiger partial charge in [0, 0.05) is 12.7 Å². The summed E-state index contributed by atoms with van der Waals surface area (Å²) in [5, 5.41) is 9.73. The third-order valence-electron chi connectivity index (χ3n) is 2.26. The number of aliphatic hydroxyl groups excluding tert-OH is 1. The number of sulfonamides is 1. The van der Waals surface area contributed by atoms with Crippen LogP contribution in [-0.2, 0) is 10.0 Å². The average Bonchev–Trinajstić information content (AvgIpc) is 2.26. The molecule has 0 radical (unpaired) electrons. The van der Waals surface area contributed by atoms with Crippen LogP contribution in [0.4, 0.5) is 0 Å². The lowest BCUT2D eigenvalue weighted by atomic mass is 10.1. The Bertz CT molecular complexity index is 491. The fourth-order valence-electron chi connectivity index (χ4n) is 1.47. The third-order valence-corrected chi connectivity index (χ3v) is 3.89. The van der Waals surface area contributed by atoms with E-state index >= 15 is 0 Å². The van der Waals surface area contributed by atoms with Gasteiger partial charge in [0.15, 0.2) is 0 Å². The van der Waals surface area contributed by atoms with Gasteiger partial charge in [-0.3, -0.25) is 0 Å². The molecule has 0 saturated carbocycles. The Balaban J connectivity index is 2.66. The van der Waals surface area contributed by atoms with Crippen molar-refractivity contribution in [2.45, 2.75) is 31.3 Å². The van der Waals surface area contributed by atoms with Gasteiger partial charge >= 0.3 is 0 Å². The molecule has 0 aliphatic carbocycles. The number of nitrogens with zero attached hydrogens (tertiary/aromatic N) is 1. The van der Waals surface area contributed by atoms with Gasteiger partial charge in [0.1, 0.15) is 5.15 Å². The van der Waals surface area contributed by atoms with Gasteiger partial charge in [-0.2, -0.15) is 0 Å². The second kappa shape index (κ2) is 6.47. The highest BCUT2D eigenvalue weighted by Crippen LogP contribution is 2.13. The molecule has 1 unspecified atom stereocenters. The van der Waals surface area contributed by atoms with Gasteiger partial charge < -0.3 is 5.11 Å². The molecule has 1 aromatic rings. The number of hydrogen-bond acceptors (Lipinski definition) is 4. The first-order chi connectivity index (χ1) is 8.31. The Labute approximate surface area is 112 Å². The van der Waals surface area contributed by atoms with Crippen LogP contribution in [0.5, 0.6) is 0 Å². The predicted octanol–water partition coefficient (Wildman–Crippen LogP) is 1.42. The first-order valence-electron chi connectivity index (χ1n) is 5.60. The highest BCUT2D eigenvalue weighted by Gasteiger charge is 2.16. The van der Waals surface area contributed by atoms with Gasteiger partial charge in [-0.05, 0) is 24.5 Å². The Hall–Kier alpha value is -0.690. The SMILES string of the molecule is CC(C)CC(O)CNS(=O)(=O)c1ccnc(Cl)c1. The highest BCUT2D eigenvalue weighted by molar-refractivity contribution is 7.89. The molecule has 0 aliphatic rings. The lowest BCUT2D eigenvalue weighted by Crippen LogP contribution is -2.32. The molecule has 0 aromatic carbocycles. The van der Waals surface area contributed by atoms with Crippen LogP contribution < -0.4 is 4.72 Å². The van der Waals surface area contributed by atoms with E-state index in [4.69, 9.17) is 11.6 Å². The second-order valence-electron chi connectivity index (χ2n) is 4.45. The molecule has 0 spiro atoms. The van der Waals surface area contributed by atoms with Crippen LogP contribution in [0.1, 0.15) is 20.3 Å². The summed E-state index contributed by atoms with van der Waals surface area (Å²) < 4.78 is 26.1. The third kappa shape index (κ3) is 4.89. The van der Waals surface area contributed by atoms with Crippen molar-refractivity contribution in [3.05, 3.63) is 23.5 Å². The summed E-state index contributed by atoms with van der Waals surface area (Å²) in [6.45, 7) is 3.90. The molecule has 0 fully saturated rings. The van der Waals surface area contributed by atoms with Crippen molar-refractivity contribution >= 4 is 21.6 Å². The van der Waals surface area contributed by atoms with E-state index < -0.39 is 16.1 Å². The van der Waals surface area contributed by atoms with Gasteiger partial charge in [0.05, 0.1) is 11.0 Å². The fraction of sp³-hybridized carbons (Fsp3) is 0.545. The highest BCUT2D eigenvalue weighted by atomic mass is 35.5. The number of aliphatic hydroxyl groups is 1. The molecule has 0 saturated heterocycles. The minimum Gasteiger partial charge on any atom is -0.392 e. The molecule has 2 N–H and O–H groups in total. The smallest absolute Gasteiger partial charge is 0.240 e. The number of halogens is 1. The van der Waals surface area contributed by atoms with Crippen molar-refractivity contribution in [2.24, 2.45) is 5.92 Å². The number of pyridine rings is 1. The zero-order valence-electron chi connectivity index (χ0n) is 10.3. The Morgan fingerprint density at radius 1 is 1.50 bits per heavy atom. The van der Waals surface area contributed by atoms with Crippen LogP contribution in [0.2, 0.25) is 5.15 Å². The van der Waals surface area contributed by atoms with Crippen molar-refractivity contribution in [1.29, 1.82) is 0 Å². The Morgan fingerprint density at radius 2 is 2.17 bits per heavy atom. The van der Waals surface area contributed by atoms with E-state index in [1.54, 1.807) is 0 Å². The van der Waals surface area contributed by atoms with Gasteiger partial charge in [-0.25, -0.2) is 18.1 Å². The summed E-state index contributed by atoms with van der Waals surface area (Å²) in [7, 11) is -3.65. The van der Waals surface area contributed by atoms with E-state index in [2.05, 4.69) is 9.71 Å². The van der Waals surface area contributed by atoms with Crippen molar-refractivity contribution in [3.63, 3.8) is 0 Å². The molecule has 1 aromatic heterocycles. The minimum atomic E-state index is -3.65. The maximum atomic E-state index is 11.9. The topological polar surface area (TPSA) is 79.3 Å². The molecular formula is C11H17ClN2O3S. The van der Waals surface area contributed by atoms with Crippen LogP contribution >= 0.6 is 11.6 Å². The zero-order chi connectivity index (χ0) is 13.8. The van der Waals surface area contributed by atoms with E-state index in [1.165, 1.54) is 18.3 Å². The van der Waals surface area contributed by atoms with Crippen LogP contribution in [0.15, 0.2) is 23.2 Å². The number of nitrogens with one attached hydrogen (secondary N) is 1. The minimum absolute atomic E-state index is 0.0134. The molecule has 7 heteroatoms. The normalized spacial score (nSPS) is 13.8. The van der Waals surface area contributed by atoms with E-state index in [9.17, 15) is 13.5 Å². The quantitative estimate of drug-likeness (QED) is 0.777. The summed E-state index contributed by atoms with van der Waals surface area (Å²) in [6, 6.07) is 2.61. The lowest BCUT2D eigenvalue weighted by molar-refractivity contribution is 0.152. The molecular weight excluding hydrogens is 276 g/mol. The molecule has 0 bridgehead atoms. The van der Waals surface area contributed by atoms with Crippen LogP contribution in [0.25, 0.3) is 0 Å². The van der Waals surface area contributed by atoms with E-state index in [-0.39, 0.29) is 16.6 Å². The molecule has 0 aliphatic heterocycles. The summed E-state index contributed by atoms with van der Waals surface area (Å²) in [4.78, 5) is 3.75. The van der Waals surface area contributed by atoms with E-state index in [0.717, 1.165) is 0 Å². The maximum Gasteiger partial charge on any atom is 0.240 e.